The van der Waals surface area contributed by atoms with Crippen LogP contribution in [0.25, 0.3) is 0 Å². The van der Waals surface area contributed by atoms with E-state index in [-0.39, 0.29) is 5.24 Å². The predicted molar refractivity (Wildman–Crippen MR) is 85.2 cm³/mol. The van der Waals surface area contributed by atoms with Gasteiger partial charge in [-0.1, -0.05) is 58.3 Å². The molecule has 0 atom stereocenters. The smallest absolute Gasteiger partial charge is 0.310 e. The first kappa shape index (κ1) is 22.4. The number of rotatable bonds is 10. The summed E-state index contributed by atoms with van der Waals surface area (Å²) < 4.78 is 3.97. The molecule has 0 saturated carbocycles. The van der Waals surface area contributed by atoms with Crippen molar-refractivity contribution in [2.45, 2.75) is 85.0 Å². The summed E-state index contributed by atoms with van der Waals surface area (Å²) in [5.74, 6) is -1.12. The van der Waals surface area contributed by atoms with E-state index in [1.54, 1.807) is 0 Å². The van der Waals surface area contributed by atoms with Crippen molar-refractivity contribution in [3.05, 3.63) is 0 Å². The molecular formula is C16H29ClO4. The largest absolute Gasteiger partial charge is 0.394 e. The van der Waals surface area contributed by atoms with Gasteiger partial charge in [0.2, 0.25) is 5.24 Å². The number of ether oxygens (including phenoxy) is 1. The Kier molecular flexibility index (Phi) is 18.3. The molecule has 0 fully saturated rings. The van der Waals surface area contributed by atoms with Crippen molar-refractivity contribution < 1.29 is 19.1 Å². The number of unbranched alkanes of at least 4 members (excludes halogenated alkanes) is 8. The highest BCUT2D eigenvalue weighted by atomic mass is 35.5. The number of hydrogen-bond donors (Lipinski definition) is 0. The van der Waals surface area contributed by atoms with Gasteiger partial charge in [-0.15, -0.1) is 0 Å². The van der Waals surface area contributed by atoms with E-state index in [1.165, 1.54) is 58.8 Å². The van der Waals surface area contributed by atoms with E-state index in [1.807, 2.05) is 0 Å². The monoisotopic (exact) mass is 320 g/mol. The van der Waals surface area contributed by atoms with Crippen LogP contribution in [0.4, 0.5) is 0 Å². The van der Waals surface area contributed by atoms with Gasteiger partial charge in [-0.3, -0.25) is 14.4 Å². The summed E-state index contributed by atoms with van der Waals surface area (Å²) in [6.45, 7) is 4.60. The number of halogens is 1. The molecule has 0 aliphatic carbocycles. The van der Waals surface area contributed by atoms with Gasteiger partial charge in [0.1, 0.15) is 0 Å². The quantitative estimate of drug-likeness (QED) is 0.252. The summed E-state index contributed by atoms with van der Waals surface area (Å²) in [4.78, 5) is 30.0. The van der Waals surface area contributed by atoms with Gasteiger partial charge in [0.25, 0.3) is 0 Å². The Labute approximate surface area is 133 Å². The predicted octanol–water partition coefficient (Wildman–Crippen LogP) is 4.77. The SMILES string of the molecule is CC(=O)OC(C)=O.CCCCCCCCCCCC(=O)Cl. The minimum absolute atomic E-state index is 0.187. The molecule has 0 saturated heterocycles. The third-order valence-electron chi connectivity index (χ3n) is 2.76. The van der Waals surface area contributed by atoms with Crippen LogP contribution >= 0.6 is 11.6 Å². The Bertz CT molecular complexity index is 278. The van der Waals surface area contributed by atoms with Crippen LogP contribution < -0.4 is 0 Å². The van der Waals surface area contributed by atoms with Crippen LogP contribution in [0.1, 0.15) is 85.0 Å². The van der Waals surface area contributed by atoms with Crippen molar-refractivity contribution in [3.63, 3.8) is 0 Å². The van der Waals surface area contributed by atoms with Crippen molar-refractivity contribution >= 4 is 28.8 Å². The fourth-order valence-electron chi connectivity index (χ4n) is 1.78. The second kappa shape index (κ2) is 17.2. The van der Waals surface area contributed by atoms with Gasteiger partial charge in [0.15, 0.2) is 0 Å². The van der Waals surface area contributed by atoms with Crippen molar-refractivity contribution in [2.24, 2.45) is 0 Å². The molecule has 0 heterocycles. The summed E-state index contributed by atoms with van der Waals surface area (Å²) >= 11 is 5.24. The first-order valence-electron chi connectivity index (χ1n) is 7.77. The lowest BCUT2D eigenvalue weighted by Crippen LogP contribution is -2.03. The third kappa shape index (κ3) is 28.1. The highest BCUT2D eigenvalue weighted by molar-refractivity contribution is 6.63. The van der Waals surface area contributed by atoms with Crippen molar-refractivity contribution in [2.75, 3.05) is 0 Å². The Morgan fingerprint density at radius 2 is 1.14 bits per heavy atom. The average molecular weight is 321 g/mol. The zero-order valence-corrected chi connectivity index (χ0v) is 14.3. The topological polar surface area (TPSA) is 60.4 Å². The molecule has 0 spiro atoms. The van der Waals surface area contributed by atoms with Crippen LogP contribution in [0.3, 0.4) is 0 Å². The summed E-state index contributed by atoms with van der Waals surface area (Å²) in [5, 5.41) is -0.187. The normalized spacial score (nSPS) is 9.52. The molecule has 0 unspecified atom stereocenters. The van der Waals surface area contributed by atoms with Crippen molar-refractivity contribution in [1.29, 1.82) is 0 Å². The molecule has 0 N–H and O–H groups in total. The van der Waals surface area contributed by atoms with Crippen LogP contribution in [-0.2, 0) is 19.1 Å². The Balaban J connectivity index is 0. The molecule has 0 aromatic carbocycles. The first-order chi connectivity index (χ1) is 9.90. The maximum absolute atomic E-state index is 10.4. The van der Waals surface area contributed by atoms with E-state index in [4.69, 9.17) is 11.6 Å². The second-order valence-corrected chi connectivity index (χ2v) is 5.44. The minimum atomic E-state index is -0.562. The van der Waals surface area contributed by atoms with Crippen molar-refractivity contribution in [1.82, 2.24) is 0 Å². The number of hydrogen-bond acceptors (Lipinski definition) is 4. The molecule has 0 aliphatic rings. The highest BCUT2D eigenvalue weighted by Gasteiger charge is 1.96. The lowest BCUT2D eigenvalue weighted by molar-refractivity contribution is -0.156. The maximum Gasteiger partial charge on any atom is 0.310 e. The molecule has 0 bridgehead atoms. The van der Waals surface area contributed by atoms with E-state index in [9.17, 15) is 14.4 Å². The van der Waals surface area contributed by atoms with E-state index >= 15 is 0 Å². The molecule has 0 rings (SSSR count). The van der Waals surface area contributed by atoms with E-state index in [0.29, 0.717) is 6.42 Å². The molecule has 21 heavy (non-hydrogen) atoms. The molecule has 0 aliphatic heterocycles. The fourth-order valence-corrected chi connectivity index (χ4v) is 1.91. The van der Waals surface area contributed by atoms with E-state index in [2.05, 4.69) is 11.7 Å². The standard InChI is InChI=1S/C12H23ClO.C4H6O3/c1-2-3-4-5-6-7-8-9-10-11-12(13)14;1-3(5)7-4(2)6/h2-11H2,1H3;1-2H3. The number of esters is 2. The Morgan fingerprint density at radius 3 is 1.43 bits per heavy atom. The molecule has 0 aromatic rings. The molecule has 5 heteroatoms. The van der Waals surface area contributed by atoms with Crippen LogP contribution in [0.5, 0.6) is 0 Å². The van der Waals surface area contributed by atoms with E-state index in [0.717, 1.165) is 12.8 Å². The zero-order chi connectivity index (χ0) is 16.5. The first-order valence-corrected chi connectivity index (χ1v) is 8.15. The van der Waals surface area contributed by atoms with Crippen molar-refractivity contribution in [3.8, 4) is 0 Å². The van der Waals surface area contributed by atoms with Gasteiger partial charge in [-0.2, -0.15) is 0 Å². The van der Waals surface area contributed by atoms with Gasteiger partial charge in [-0.05, 0) is 18.0 Å². The number of carbonyl (C=O) groups excluding carboxylic acids is 3. The van der Waals surface area contributed by atoms with Crippen LogP contribution in [0, 0.1) is 0 Å². The Morgan fingerprint density at radius 1 is 0.762 bits per heavy atom. The fraction of sp³-hybridized carbons (Fsp3) is 0.812. The molecule has 0 aromatic heterocycles. The lowest BCUT2D eigenvalue weighted by atomic mass is 10.1. The van der Waals surface area contributed by atoms with Crippen LogP contribution in [0.15, 0.2) is 0 Å². The summed E-state index contributed by atoms with van der Waals surface area (Å²) in [6, 6.07) is 0. The van der Waals surface area contributed by atoms with Gasteiger partial charge in [0.05, 0.1) is 0 Å². The van der Waals surface area contributed by atoms with Gasteiger partial charge < -0.3 is 4.74 Å². The second-order valence-electron chi connectivity index (χ2n) is 5.02. The van der Waals surface area contributed by atoms with Gasteiger partial charge >= 0.3 is 11.9 Å². The molecular weight excluding hydrogens is 292 g/mol. The highest BCUT2D eigenvalue weighted by Crippen LogP contribution is 2.10. The molecule has 0 amide bonds. The third-order valence-corrected chi connectivity index (χ3v) is 2.95. The van der Waals surface area contributed by atoms with Gasteiger partial charge in [-0.25, -0.2) is 0 Å². The molecule has 124 valence electrons. The zero-order valence-electron chi connectivity index (χ0n) is 13.6. The van der Waals surface area contributed by atoms with Crippen LogP contribution in [-0.4, -0.2) is 17.2 Å². The van der Waals surface area contributed by atoms with E-state index < -0.39 is 11.9 Å². The maximum atomic E-state index is 10.4. The van der Waals surface area contributed by atoms with Crippen LogP contribution in [0.2, 0.25) is 0 Å². The molecule has 0 radical (unpaired) electrons. The van der Waals surface area contributed by atoms with Gasteiger partial charge in [0, 0.05) is 20.3 Å². The lowest BCUT2D eigenvalue weighted by Gasteiger charge is -2.00. The number of carbonyl (C=O) groups is 3. The summed E-state index contributed by atoms with van der Waals surface area (Å²) in [7, 11) is 0. The summed E-state index contributed by atoms with van der Waals surface area (Å²) in [6.07, 6.45) is 12.1. The minimum Gasteiger partial charge on any atom is -0.394 e. The molecule has 4 nitrogen and oxygen atoms in total. The Hall–Kier alpha value is -0.900. The summed E-state index contributed by atoms with van der Waals surface area (Å²) in [5.41, 5.74) is 0. The average Bonchev–Trinajstić information content (AvgIpc) is 2.35.